The average Bonchev–Trinajstić information content (AvgIpc) is 2.21. The lowest BCUT2D eigenvalue weighted by Crippen LogP contribution is -2.17. The summed E-state index contributed by atoms with van der Waals surface area (Å²) in [6.07, 6.45) is 0. The fourth-order valence-corrected chi connectivity index (χ4v) is 2.74. The van der Waals surface area contributed by atoms with E-state index in [0.717, 1.165) is 9.26 Å². The summed E-state index contributed by atoms with van der Waals surface area (Å²) in [5, 5.41) is 3.63. The van der Waals surface area contributed by atoms with E-state index in [1.807, 2.05) is 18.2 Å². The summed E-state index contributed by atoms with van der Waals surface area (Å²) < 4.78 is 23.6. The molecule has 6 heteroatoms. The molecule has 0 aliphatic carbocycles. The molecule has 0 atom stereocenters. The molecule has 0 aliphatic heterocycles. The van der Waals surface area contributed by atoms with E-state index in [0.29, 0.717) is 11.6 Å². The van der Waals surface area contributed by atoms with E-state index < -0.39 is 9.84 Å². The molecule has 0 heterocycles. The maximum Gasteiger partial charge on any atom is 0.151 e. The van der Waals surface area contributed by atoms with Crippen molar-refractivity contribution in [3.63, 3.8) is 0 Å². The molecule has 0 fully saturated rings. The summed E-state index contributed by atoms with van der Waals surface area (Å²) in [6.45, 7) is 2.03. The lowest BCUT2D eigenvalue weighted by Gasteiger charge is -2.08. The molecule has 0 unspecified atom stereocenters. The molecular weight excluding hydrogens is 361 g/mol. The monoisotopic (exact) mass is 373 g/mol. The largest absolute Gasteiger partial charge is 0.383 e. The van der Waals surface area contributed by atoms with Crippen LogP contribution in [0.3, 0.4) is 0 Å². The van der Waals surface area contributed by atoms with Gasteiger partial charge in [-0.1, -0.05) is 18.5 Å². The van der Waals surface area contributed by atoms with Crippen molar-refractivity contribution in [1.82, 2.24) is 0 Å². The van der Waals surface area contributed by atoms with Crippen LogP contribution in [0.4, 0.5) is 5.69 Å². The number of rotatable bonds is 5. The van der Waals surface area contributed by atoms with Gasteiger partial charge >= 0.3 is 0 Å². The third-order valence-electron chi connectivity index (χ3n) is 2.10. The molecule has 90 valence electrons. The van der Waals surface area contributed by atoms with Crippen LogP contribution in [0.1, 0.15) is 6.92 Å². The lowest BCUT2D eigenvalue weighted by atomic mass is 10.3. The van der Waals surface area contributed by atoms with Crippen LogP contribution in [0.25, 0.3) is 0 Å². The number of sulfone groups is 1. The normalized spacial score (nSPS) is 11.4. The van der Waals surface area contributed by atoms with Gasteiger partial charge in [0.25, 0.3) is 0 Å². The maximum atomic E-state index is 11.3. The number of hydrogen-bond donors (Lipinski definition) is 1. The van der Waals surface area contributed by atoms with Crippen molar-refractivity contribution in [3.05, 3.63) is 26.8 Å². The van der Waals surface area contributed by atoms with Gasteiger partial charge in [0.15, 0.2) is 9.84 Å². The SMILES string of the molecule is CCS(=O)(=O)CCNc1ccc(I)cc1Cl. The number of nitrogens with one attached hydrogen (secondary N) is 1. The summed E-state index contributed by atoms with van der Waals surface area (Å²) in [5.41, 5.74) is 0.772. The molecule has 0 amide bonds. The predicted molar refractivity (Wildman–Crippen MR) is 77.0 cm³/mol. The Morgan fingerprint density at radius 3 is 2.69 bits per heavy atom. The minimum absolute atomic E-state index is 0.131. The molecular formula is C10H13ClINO2S. The molecule has 3 nitrogen and oxygen atoms in total. The zero-order valence-corrected chi connectivity index (χ0v) is 12.6. The first-order valence-electron chi connectivity index (χ1n) is 4.84. The third kappa shape index (κ3) is 4.47. The topological polar surface area (TPSA) is 46.2 Å². The number of benzene rings is 1. The van der Waals surface area contributed by atoms with Crippen LogP contribution in [-0.2, 0) is 9.84 Å². The Morgan fingerprint density at radius 2 is 2.12 bits per heavy atom. The summed E-state index contributed by atoms with van der Waals surface area (Å²) in [7, 11) is -2.92. The Kier molecular flexibility index (Phi) is 5.33. The van der Waals surface area contributed by atoms with E-state index in [2.05, 4.69) is 27.9 Å². The van der Waals surface area contributed by atoms with E-state index in [9.17, 15) is 8.42 Å². The van der Waals surface area contributed by atoms with Crippen molar-refractivity contribution < 1.29 is 8.42 Å². The average molecular weight is 374 g/mol. The Morgan fingerprint density at radius 1 is 1.44 bits per heavy atom. The second kappa shape index (κ2) is 6.07. The smallest absolute Gasteiger partial charge is 0.151 e. The van der Waals surface area contributed by atoms with E-state index in [-0.39, 0.29) is 11.5 Å². The van der Waals surface area contributed by atoms with Crippen LogP contribution in [0.2, 0.25) is 5.02 Å². The Hall–Kier alpha value is -0.0100. The highest BCUT2D eigenvalue weighted by Gasteiger charge is 2.07. The highest BCUT2D eigenvalue weighted by Crippen LogP contribution is 2.23. The molecule has 1 aromatic carbocycles. The van der Waals surface area contributed by atoms with Crippen molar-refractivity contribution in [2.24, 2.45) is 0 Å². The number of halogens is 2. The number of anilines is 1. The van der Waals surface area contributed by atoms with Gasteiger partial charge in [0.05, 0.1) is 16.5 Å². The zero-order valence-electron chi connectivity index (χ0n) is 8.83. The fourth-order valence-electron chi connectivity index (χ4n) is 1.12. The first-order chi connectivity index (χ1) is 7.44. The fraction of sp³-hybridized carbons (Fsp3) is 0.400. The van der Waals surface area contributed by atoms with E-state index in [4.69, 9.17) is 11.6 Å². The van der Waals surface area contributed by atoms with Gasteiger partial charge in [-0.15, -0.1) is 0 Å². The van der Waals surface area contributed by atoms with E-state index >= 15 is 0 Å². The van der Waals surface area contributed by atoms with Gasteiger partial charge in [0.1, 0.15) is 0 Å². The van der Waals surface area contributed by atoms with Crippen molar-refractivity contribution in [2.75, 3.05) is 23.4 Å². The summed E-state index contributed by atoms with van der Waals surface area (Å²) in [6, 6.07) is 5.60. The van der Waals surface area contributed by atoms with E-state index in [1.165, 1.54) is 0 Å². The summed E-state index contributed by atoms with van der Waals surface area (Å²) in [5.74, 6) is 0.306. The third-order valence-corrected chi connectivity index (χ3v) is 4.79. The second-order valence-corrected chi connectivity index (χ2v) is 7.41. The standard InChI is InChI=1S/C10H13ClINO2S/c1-2-16(14,15)6-5-13-10-4-3-8(12)7-9(10)11/h3-4,7,13H,2,5-6H2,1H3. The maximum absolute atomic E-state index is 11.3. The molecule has 0 radical (unpaired) electrons. The number of hydrogen-bond acceptors (Lipinski definition) is 3. The Bertz CT molecular complexity index is 462. The van der Waals surface area contributed by atoms with Gasteiger partial charge in [-0.05, 0) is 40.8 Å². The van der Waals surface area contributed by atoms with Gasteiger partial charge in [-0.25, -0.2) is 8.42 Å². The molecule has 0 bridgehead atoms. The van der Waals surface area contributed by atoms with Crippen LogP contribution in [0.5, 0.6) is 0 Å². The Balaban J connectivity index is 2.56. The molecule has 0 aliphatic rings. The van der Waals surface area contributed by atoms with Gasteiger partial charge in [-0.2, -0.15) is 0 Å². The van der Waals surface area contributed by atoms with Crippen molar-refractivity contribution in [2.45, 2.75) is 6.92 Å². The first-order valence-corrected chi connectivity index (χ1v) is 8.12. The molecule has 1 rings (SSSR count). The summed E-state index contributed by atoms with van der Waals surface area (Å²) in [4.78, 5) is 0. The quantitative estimate of drug-likeness (QED) is 0.807. The molecule has 0 spiro atoms. The minimum Gasteiger partial charge on any atom is -0.383 e. The highest BCUT2D eigenvalue weighted by molar-refractivity contribution is 14.1. The van der Waals surface area contributed by atoms with Crippen LogP contribution in [0.15, 0.2) is 18.2 Å². The molecule has 0 saturated heterocycles. The van der Waals surface area contributed by atoms with Gasteiger partial charge in [0.2, 0.25) is 0 Å². The molecule has 16 heavy (non-hydrogen) atoms. The lowest BCUT2D eigenvalue weighted by molar-refractivity contribution is 0.597. The molecule has 1 aromatic rings. The minimum atomic E-state index is -2.92. The highest BCUT2D eigenvalue weighted by atomic mass is 127. The van der Waals surface area contributed by atoms with E-state index in [1.54, 1.807) is 6.92 Å². The second-order valence-electron chi connectivity index (χ2n) is 3.29. The molecule has 0 saturated carbocycles. The molecule has 0 aromatic heterocycles. The van der Waals surface area contributed by atoms with Gasteiger partial charge in [-0.3, -0.25) is 0 Å². The van der Waals surface area contributed by atoms with Crippen LogP contribution < -0.4 is 5.32 Å². The van der Waals surface area contributed by atoms with Crippen LogP contribution in [-0.4, -0.2) is 26.5 Å². The van der Waals surface area contributed by atoms with Crippen molar-refractivity contribution in [1.29, 1.82) is 0 Å². The van der Waals surface area contributed by atoms with Gasteiger partial charge in [0, 0.05) is 15.9 Å². The molecule has 1 N–H and O–H groups in total. The first kappa shape index (κ1) is 14.1. The summed E-state index contributed by atoms with van der Waals surface area (Å²) >= 11 is 8.17. The predicted octanol–water partition coefficient (Wildman–Crippen LogP) is 2.79. The van der Waals surface area contributed by atoms with Crippen molar-refractivity contribution in [3.8, 4) is 0 Å². The van der Waals surface area contributed by atoms with Crippen molar-refractivity contribution >= 4 is 49.7 Å². The van der Waals surface area contributed by atoms with Crippen LogP contribution in [0, 0.1) is 3.57 Å². The van der Waals surface area contributed by atoms with Crippen LogP contribution >= 0.6 is 34.2 Å². The zero-order chi connectivity index (χ0) is 12.2. The van der Waals surface area contributed by atoms with Gasteiger partial charge < -0.3 is 5.32 Å². The Labute approximate surface area is 115 Å².